The predicted molar refractivity (Wildman–Crippen MR) is 165 cm³/mol. The van der Waals surface area contributed by atoms with Crippen LogP contribution in [-0.4, -0.2) is 47.0 Å². The van der Waals surface area contributed by atoms with E-state index in [1.165, 1.54) is 5.69 Å². The molecule has 8 nitrogen and oxygen atoms in total. The molecule has 200 valence electrons. The number of nitrogens with zero attached hydrogens (tertiary/aromatic N) is 5. The predicted octanol–water partition coefficient (Wildman–Crippen LogP) is 5.46. The minimum Gasteiger partial charge on any atom is -0.368 e. The highest BCUT2D eigenvalue weighted by Crippen LogP contribution is 2.26. The zero-order chi connectivity index (χ0) is 27.3. The molecule has 0 spiro atoms. The standard InChI is InChI=1S/C31H29N7OS/c39-31(19-22-1-6-26(36-40)7-2-22)34-25-8-3-23(4-9-25)24-5-10-28-29(20-24)35-30(21-33-28)38-17-15-37(16-18-38)27-11-13-32-14-12-27/h1-14,20-21,36,40H,15-19H2,(H,34,39). The third-order valence-corrected chi connectivity index (χ3v) is 7.37. The maximum atomic E-state index is 12.5. The molecule has 2 aromatic heterocycles. The second kappa shape index (κ2) is 11.6. The molecule has 0 radical (unpaired) electrons. The highest BCUT2D eigenvalue weighted by atomic mass is 32.1. The third-order valence-electron chi connectivity index (χ3n) is 7.11. The lowest BCUT2D eigenvalue weighted by Gasteiger charge is -2.36. The maximum Gasteiger partial charge on any atom is 0.228 e. The highest BCUT2D eigenvalue weighted by molar-refractivity contribution is 7.81. The van der Waals surface area contributed by atoms with Crippen molar-refractivity contribution in [3.05, 3.63) is 103 Å². The largest absolute Gasteiger partial charge is 0.368 e. The quantitative estimate of drug-likeness (QED) is 0.234. The van der Waals surface area contributed by atoms with Crippen molar-refractivity contribution in [2.24, 2.45) is 0 Å². The Labute approximate surface area is 238 Å². The minimum atomic E-state index is -0.0607. The van der Waals surface area contributed by atoms with Gasteiger partial charge in [0, 0.05) is 55.6 Å². The normalized spacial score (nSPS) is 13.3. The number of rotatable bonds is 7. The second-order valence-electron chi connectivity index (χ2n) is 9.72. The van der Waals surface area contributed by atoms with Crippen molar-refractivity contribution >= 4 is 52.6 Å². The van der Waals surface area contributed by atoms with E-state index in [1.807, 2.05) is 73.2 Å². The molecule has 1 amide bonds. The van der Waals surface area contributed by atoms with Crippen molar-refractivity contribution in [2.45, 2.75) is 6.42 Å². The van der Waals surface area contributed by atoms with E-state index >= 15 is 0 Å². The molecule has 1 saturated heterocycles. The molecule has 0 unspecified atom stereocenters. The van der Waals surface area contributed by atoms with Gasteiger partial charge in [-0.25, -0.2) is 4.98 Å². The number of hydrogen-bond acceptors (Lipinski definition) is 8. The Bertz CT molecular complexity index is 1600. The van der Waals surface area contributed by atoms with Gasteiger partial charge >= 0.3 is 0 Å². The Balaban J connectivity index is 1.11. The number of fused-ring (bicyclic) bond motifs is 1. The van der Waals surface area contributed by atoms with Crippen LogP contribution < -0.4 is 19.8 Å². The summed E-state index contributed by atoms with van der Waals surface area (Å²) in [5, 5.41) is 2.98. The lowest BCUT2D eigenvalue weighted by molar-refractivity contribution is -0.115. The van der Waals surface area contributed by atoms with Crippen LogP contribution in [0.25, 0.3) is 22.2 Å². The van der Waals surface area contributed by atoms with Crippen LogP contribution in [0.1, 0.15) is 5.56 Å². The SMILES string of the molecule is O=C(Cc1ccc(NS)cc1)Nc1ccc(-c2ccc3ncc(N4CCN(c5ccncc5)CC4)nc3c2)cc1. The minimum absolute atomic E-state index is 0.0607. The average molecular weight is 548 g/mol. The third kappa shape index (κ3) is 5.84. The van der Waals surface area contributed by atoms with Gasteiger partial charge in [-0.3, -0.25) is 14.8 Å². The van der Waals surface area contributed by atoms with Crippen LogP contribution in [0.2, 0.25) is 0 Å². The first-order valence-electron chi connectivity index (χ1n) is 13.2. The Morgan fingerprint density at radius 3 is 2.17 bits per heavy atom. The van der Waals surface area contributed by atoms with Crippen molar-refractivity contribution < 1.29 is 4.79 Å². The number of hydrogen-bond donors (Lipinski definition) is 3. The molecule has 1 aliphatic heterocycles. The Kier molecular flexibility index (Phi) is 7.45. The van der Waals surface area contributed by atoms with Crippen LogP contribution in [0.3, 0.4) is 0 Å². The number of thiol groups is 1. The van der Waals surface area contributed by atoms with Gasteiger partial charge in [0.1, 0.15) is 5.82 Å². The molecule has 3 aromatic carbocycles. The molecule has 2 N–H and O–H groups in total. The zero-order valence-corrected chi connectivity index (χ0v) is 22.8. The van der Waals surface area contributed by atoms with E-state index in [4.69, 9.17) is 4.98 Å². The van der Waals surface area contributed by atoms with Crippen molar-refractivity contribution in [3.8, 4) is 11.1 Å². The molecule has 40 heavy (non-hydrogen) atoms. The zero-order valence-electron chi connectivity index (χ0n) is 21.9. The van der Waals surface area contributed by atoms with Crippen molar-refractivity contribution in [1.29, 1.82) is 0 Å². The van der Waals surface area contributed by atoms with Crippen LogP contribution in [-0.2, 0) is 11.2 Å². The van der Waals surface area contributed by atoms with Gasteiger partial charge in [-0.05, 0) is 65.2 Å². The number of aromatic nitrogens is 3. The molecule has 0 atom stereocenters. The fourth-order valence-electron chi connectivity index (χ4n) is 4.92. The summed E-state index contributed by atoms with van der Waals surface area (Å²) in [5.41, 5.74) is 7.62. The maximum absolute atomic E-state index is 12.5. The van der Waals surface area contributed by atoms with Gasteiger partial charge in [-0.1, -0.05) is 43.1 Å². The van der Waals surface area contributed by atoms with Gasteiger partial charge in [-0.2, -0.15) is 0 Å². The summed E-state index contributed by atoms with van der Waals surface area (Å²) in [6, 6.07) is 25.7. The Hall–Kier alpha value is -4.63. The van der Waals surface area contributed by atoms with E-state index < -0.39 is 0 Å². The Morgan fingerprint density at radius 1 is 0.775 bits per heavy atom. The first kappa shape index (κ1) is 25.6. The molecule has 9 heteroatoms. The molecule has 6 rings (SSSR count). The van der Waals surface area contributed by atoms with Crippen LogP contribution >= 0.6 is 12.8 Å². The van der Waals surface area contributed by atoms with Crippen LogP contribution in [0.4, 0.5) is 22.9 Å². The van der Waals surface area contributed by atoms with E-state index in [1.54, 1.807) is 0 Å². The summed E-state index contributed by atoms with van der Waals surface area (Å²) < 4.78 is 2.78. The number of piperazine rings is 1. The number of anilines is 4. The molecule has 1 fully saturated rings. The van der Waals surface area contributed by atoms with E-state index in [9.17, 15) is 4.79 Å². The van der Waals surface area contributed by atoms with E-state index in [-0.39, 0.29) is 5.91 Å². The van der Waals surface area contributed by atoms with Crippen molar-refractivity contribution in [2.75, 3.05) is 46.0 Å². The first-order chi connectivity index (χ1) is 19.6. The summed E-state index contributed by atoms with van der Waals surface area (Å²) in [6.45, 7) is 3.61. The van der Waals surface area contributed by atoms with Gasteiger partial charge in [-0.15, -0.1) is 0 Å². The fourth-order valence-corrected chi connectivity index (χ4v) is 5.07. The van der Waals surface area contributed by atoms with Gasteiger partial charge in [0.05, 0.1) is 23.7 Å². The van der Waals surface area contributed by atoms with Crippen molar-refractivity contribution in [1.82, 2.24) is 15.0 Å². The summed E-state index contributed by atoms with van der Waals surface area (Å²) in [7, 11) is 0. The topological polar surface area (TPSA) is 86.3 Å². The van der Waals surface area contributed by atoms with Gasteiger partial charge in [0.15, 0.2) is 0 Å². The van der Waals surface area contributed by atoms with Gasteiger partial charge in [0.2, 0.25) is 5.91 Å². The van der Waals surface area contributed by atoms with Gasteiger partial charge in [0.25, 0.3) is 0 Å². The smallest absolute Gasteiger partial charge is 0.228 e. The van der Waals surface area contributed by atoms with Crippen LogP contribution in [0.5, 0.6) is 0 Å². The van der Waals surface area contributed by atoms with Gasteiger partial charge < -0.3 is 19.8 Å². The second-order valence-corrected chi connectivity index (χ2v) is 9.95. The molecule has 3 heterocycles. The van der Waals surface area contributed by atoms with E-state index in [0.29, 0.717) is 6.42 Å². The average Bonchev–Trinajstić information content (AvgIpc) is 3.02. The number of pyridine rings is 1. The molecule has 0 saturated carbocycles. The number of carbonyl (C=O) groups excluding carboxylic acids is 1. The molecular weight excluding hydrogens is 518 g/mol. The summed E-state index contributed by atoms with van der Waals surface area (Å²) in [5.74, 6) is 0.836. The molecule has 1 aliphatic rings. The van der Waals surface area contributed by atoms with Crippen molar-refractivity contribution in [3.63, 3.8) is 0 Å². The summed E-state index contributed by atoms with van der Waals surface area (Å²) in [6.07, 6.45) is 5.84. The number of benzene rings is 3. The lowest BCUT2D eigenvalue weighted by Crippen LogP contribution is -2.46. The first-order valence-corrected chi connectivity index (χ1v) is 13.7. The number of carbonyl (C=O) groups is 1. The monoisotopic (exact) mass is 547 g/mol. The molecule has 0 bridgehead atoms. The fraction of sp³-hybridized carbons (Fsp3) is 0.161. The highest BCUT2D eigenvalue weighted by Gasteiger charge is 2.19. The summed E-state index contributed by atoms with van der Waals surface area (Å²) >= 11 is 4.03. The molecule has 0 aliphatic carbocycles. The van der Waals surface area contributed by atoms with Crippen LogP contribution in [0.15, 0.2) is 97.5 Å². The van der Waals surface area contributed by atoms with E-state index in [2.05, 4.69) is 66.9 Å². The number of nitrogens with one attached hydrogen (secondary N) is 2. The lowest BCUT2D eigenvalue weighted by atomic mass is 10.0. The Morgan fingerprint density at radius 2 is 1.45 bits per heavy atom. The van der Waals surface area contributed by atoms with Crippen LogP contribution in [0, 0.1) is 0 Å². The summed E-state index contributed by atoms with van der Waals surface area (Å²) in [4.78, 5) is 30.9. The number of amides is 1. The van der Waals surface area contributed by atoms with E-state index in [0.717, 1.165) is 71.1 Å². The molecular formula is C31H29N7OS. The molecule has 5 aromatic rings.